The minimum absolute atomic E-state index is 0.278. The molecule has 1 atom stereocenters. The van der Waals surface area contributed by atoms with Gasteiger partial charge in [0.25, 0.3) is 5.91 Å². The van der Waals surface area contributed by atoms with Gasteiger partial charge >= 0.3 is 5.97 Å². The molecule has 2 aromatic carbocycles. The molecule has 0 aliphatic carbocycles. The van der Waals surface area contributed by atoms with Gasteiger partial charge in [0.1, 0.15) is 17.1 Å². The van der Waals surface area contributed by atoms with Gasteiger partial charge in [0.05, 0.1) is 18.8 Å². The predicted octanol–water partition coefficient (Wildman–Crippen LogP) is 3.62. The van der Waals surface area contributed by atoms with Crippen molar-refractivity contribution in [2.24, 2.45) is 0 Å². The summed E-state index contributed by atoms with van der Waals surface area (Å²) >= 11 is 0. The zero-order valence-electron chi connectivity index (χ0n) is 17.2. The van der Waals surface area contributed by atoms with Crippen LogP contribution in [0.4, 0.5) is 0 Å². The van der Waals surface area contributed by atoms with Crippen LogP contribution < -0.4 is 10.1 Å². The van der Waals surface area contributed by atoms with E-state index < -0.39 is 24.5 Å². The Morgan fingerprint density at radius 3 is 2.37 bits per heavy atom. The lowest BCUT2D eigenvalue weighted by atomic mass is 9.98. The Bertz CT molecular complexity index is 996. The molecular formula is C23H24N2O5. The quantitative estimate of drug-likeness (QED) is 0.573. The first kappa shape index (κ1) is 21.1. The van der Waals surface area contributed by atoms with E-state index in [-0.39, 0.29) is 5.56 Å². The van der Waals surface area contributed by atoms with Crippen LogP contribution in [0, 0.1) is 6.92 Å². The number of ether oxygens (including phenoxy) is 2. The number of hydrogen-bond donors (Lipinski definition) is 1. The number of benzene rings is 2. The fourth-order valence-corrected chi connectivity index (χ4v) is 3.13. The molecule has 0 bridgehead atoms. The molecule has 1 heterocycles. The number of rotatable bonds is 8. The summed E-state index contributed by atoms with van der Waals surface area (Å²) in [6, 6.07) is 16.6. The summed E-state index contributed by atoms with van der Waals surface area (Å²) in [6.45, 7) is 3.09. The molecule has 1 amide bonds. The number of methoxy groups -OCH3 is 1. The topological polar surface area (TPSA) is 90.7 Å². The normalized spacial score (nSPS) is 11.6. The molecule has 0 fully saturated rings. The van der Waals surface area contributed by atoms with Gasteiger partial charge in [0.15, 0.2) is 6.61 Å². The van der Waals surface area contributed by atoms with Crippen molar-refractivity contribution in [3.05, 3.63) is 82.7 Å². The second-order valence-electron chi connectivity index (χ2n) is 6.67. The van der Waals surface area contributed by atoms with Crippen LogP contribution in [0.1, 0.15) is 45.9 Å². The van der Waals surface area contributed by atoms with Crippen molar-refractivity contribution >= 4 is 11.9 Å². The second-order valence-corrected chi connectivity index (χ2v) is 6.67. The highest BCUT2D eigenvalue weighted by atomic mass is 16.5. The van der Waals surface area contributed by atoms with Crippen LogP contribution in [0.5, 0.6) is 5.75 Å². The molecule has 3 aromatic rings. The van der Waals surface area contributed by atoms with E-state index in [0.29, 0.717) is 17.9 Å². The molecule has 1 aromatic heterocycles. The third kappa shape index (κ3) is 4.86. The summed E-state index contributed by atoms with van der Waals surface area (Å²) in [5.74, 6) is 0.0564. The highest BCUT2D eigenvalue weighted by molar-refractivity contribution is 5.93. The second kappa shape index (κ2) is 9.73. The van der Waals surface area contributed by atoms with Crippen LogP contribution in [-0.4, -0.2) is 30.7 Å². The number of carbonyl (C=O) groups is 2. The van der Waals surface area contributed by atoms with E-state index in [1.807, 2.05) is 61.5 Å². The van der Waals surface area contributed by atoms with E-state index in [2.05, 4.69) is 10.5 Å². The molecule has 30 heavy (non-hydrogen) atoms. The molecule has 0 aliphatic heterocycles. The van der Waals surface area contributed by atoms with Crippen LogP contribution in [0.25, 0.3) is 0 Å². The van der Waals surface area contributed by atoms with Crippen molar-refractivity contribution < 1.29 is 23.6 Å². The number of hydrogen-bond acceptors (Lipinski definition) is 6. The highest BCUT2D eigenvalue weighted by Crippen LogP contribution is 2.24. The maximum absolute atomic E-state index is 12.6. The zero-order valence-corrected chi connectivity index (χ0v) is 17.2. The number of nitrogens with zero attached hydrogens (tertiary/aromatic N) is 1. The minimum Gasteiger partial charge on any atom is -0.497 e. The fourth-order valence-electron chi connectivity index (χ4n) is 3.13. The maximum Gasteiger partial charge on any atom is 0.344 e. The molecule has 7 nitrogen and oxygen atoms in total. The van der Waals surface area contributed by atoms with Crippen LogP contribution in [0.15, 0.2) is 59.1 Å². The van der Waals surface area contributed by atoms with Gasteiger partial charge in [0, 0.05) is 0 Å². The molecule has 0 spiro atoms. The standard InChI is InChI=1S/C23H24N2O5/c1-4-19-21(15(2)30-25-19)23(27)29-14-20(26)24-22(16-8-6-5-7-9-16)17-10-12-18(28-3)13-11-17/h5-13,22H,4,14H2,1-3H3,(H,24,26)/t22-/m1/s1. The summed E-state index contributed by atoms with van der Waals surface area (Å²) in [6.07, 6.45) is 0.529. The largest absolute Gasteiger partial charge is 0.497 e. The van der Waals surface area contributed by atoms with Gasteiger partial charge in [-0.1, -0.05) is 54.5 Å². The summed E-state index contributed by atoms with van der Waals surface area (Å²) < 4.78 is 15.5. The first-order chi connectivity index (χ1) is 14.5. The lowest BCUT2D eigenvalue weighted by Gasteiger charge is -2.20. The first-order valence-electron chi connectivity index (χ1n) is 9.64. The fraction of sp³-hybridized carbons (Fsp3) is 0.261. The van der Waals surface area contributed by atoms with Gasteiger partial charge in [-0.25, -0.2) is 4.79 Å². The number of aryl methyl sites for hydroxylation is 2. The Labute approximate surface area is 175 Å². The average molecular weight is 408 g/mol. The molecule has 7 heteroatoms. The van der Waals surface area contributed by atoms with Gasteiger partial charge < -0.3 is 19.3 Å². The Hall–Kier alpha value is -3.61. The monoisotopic (exact) mass is 408 g/mol. The van der Waals surface area contributed by atoms with E-state index in [4.69, 9.17) is 14.0 Å². The van der Waals surface area contributed by atoms with Crippen molar-refractivity contribution in [3.63, 3.8) is 0 Å². The SMILES string of the molecule is CCc1noc(C)c1C(=O)OCC(=O)N[C@H](c1ccccc1)c1ccc(OC)cc1. The van der Waals surface area contributed by atoms with Crippen LogP contribution >= 0.6 is 0 Å². The molecule has 0 aliphatic rings. The van der Waals surface area contributed by atoms with Crippen LogP contribution in [-0.2, 0) is 16.0 Å². The van der Waals surface area contributed by atoms with Gasteiger partial charge in [-0.05, 0) is 36.6 Å². The molecule has 0 saturated carbocycles. The van der Waals surface area contributed by atoms with E-state index in [1.165, 1.54) is 0 Å². The van der Waals surface area contributed by atoms with Crippen molar-refractivity contribution in [3.8, 4) is 5.75 Å². The number of carbonyl (C=O) groups excluding carboxylic acids is 2. The van der Waals surface area contributed by atoms with Crippen molar-refractivity contribution in [1.82, 2.24) is 10.5 Å². The molecule has 0 unspecified atom stereocenters. The van der Waals surface area contributed by atoms with Crippen LogP contribution in [0.3, 0.4) is 0 Å². The number of aromatic nitrogens is 1. The van der Waals surface area contributed by atoms with Crippen molar-refractivity contribution in [2.45, 2.75) is 26.3 Å². The molecule has 156 valence electrons. The average Bonchev–Trinajstić information content (AvgIpc) is 3.17. The maximum atomic E-state index is 12.6. The minimum atomic E-state index is -0.624. The van der Waals surface area contributed by atoms with Gasteiger partial charge in [-0.15, -0.1) is 0 Å². The summed E-state index contributed by atoms with van der Waals surface area (Å²) in [4.78, 5) is 25.0. The summed E-state index contributed by atoms with van der Waals surface area (Å²) in [5, 5.41) is 6.77. The lowest BCUT2D eigenvalue weighted by Crippen LogP contribution is -2.33. The third-order valence-corrected chi connectivity index (χ3v) is 4.69. The van der Waals surface area contributed by atoms with Gasteiger partial charge in [-0.3, -0.25) is 4.79 Å². The zero-order chi connectivity index (χ0) is 21.5. The Kier molecular flexibility index (Phi) is 6.85. The molecule has 0 radical (unpaired) electrons. The Balaban J connectivity index is 1.72. The Morgan fingerprint density at radius 2 is 1.73 bits per heavy atom. The summed E-state index contributed by atoms with van der Waals surface area (Å²) in [5.41, 5.74) is 2.58. The molecule has 3 rings (SSSR count). The van der Waals surface area contributed by atoms with E-state index in [1.54, 1.807) is 14.0 Å². The van der Waals surface area contributed by atoms with Crippen LogP contribution in [0.2, 0.25) is 0 Å². The van der Waals surface area contributed by atoms with Crippen molar-refractivity contribution in [2.75, 3.05) is 13.7 Å². The highest BCUT2D eigenvalue weighted by Gasteiger charge is 2.23. The van der Waals surface area contributed by atoms with E-state index >= 15 is 0 Å². The first-order valence-corrected chi connectivity index (χ1v) is 9.64. The number of amides is 1. The predicted molar refractivity (Wildman–Crippen MR) is 110 cm³/mol. The Morgan fingerprint density at radius 1 is 1.07 bits per heavy atom. The van der Waals surface area contributed by atoms with Gasteiger partial charge in [0.2, 0.25) is 0 Å². The van der Waals surface area contributed by atoms with Gasteiger partial charge in [-0.2, -0.15) is 0 Å². The molecular weight excluding hydrogens is 384 g/mol. The van der Waals surface area contributed by atoms with E-state index in [9.17, 15) is 9.59 Å². The summed E-state index contributed by atoms with van der Waals surface area (Å²) in [7, 11) is 1.60. The smallest absolute Gasteiger partial charge is 0.344 e. The number of nitrogens with one attached hydrogen (secondary N) is 1. The van der Waals surface area contributed by atoms with Crippen molar-refractivity contribution in [1.29, 1.82) is 0 Å². The molecule has 1 N–H and O–H groups in total. The number of esters is 1. The third-order valence-electron chi connectivity index (χ3n) is 4.69. The lowest BCUT2D eigenvalue weighted by molar-refractivity contribution is -0.124. The van der Waals surface area contributed by atoms with E-state index in [0.717, 1.165) is 16.9 Å². The molecule has 0 saturated heterocycles.